The summed E-state index contributed by atoms with van der Waals surface area (Å²) in [5.74, 6) is 0.652. The number of nitrogens with one attached hydrogen (secondary N) is 1. The standard InChI is InChI=1S/C18H27N5O2/c1-18(2,3)15-12-16(22(4)21-15)20-17(25)23(10-5-11-24)13-14-6-8-19-9-7-14/h6-9,12,24H,5,10-11,13H2,1-4H3,(H,20,25). The molecule has 25 heavy (non-hydrogen) atoms. The molecule has 0 spiro atoms. The van der Waals surface area contributed by atoms with Gasteiger partial charge in [-0.1, -0.05) is 20.8 Å². The fraction of sp³-hybridized carbons (Fsp3) is 0.500. The van der Waals surface area contributed by atoms with E-state index in [0.29, 0.717) is 25.3 Å². The number of carbonyl (C=O) groups excluding carboxylic acids is 1. The first-order chi connectivity index (χ1) is 11.8. The lowest BCUT2D eigenvalue weighted by Crippen LogP contribution is -2.36. The third-order valence-corrected chi connectivity index (χ3v) is 3.88. The molecule has 2 heterocycles. The summed E-state index contributed by atoms with van der Waals surface area (Å²) < 4.78 is 1.68. The van der Waals surface area contributed by atoms with Gasteiger partial charge in [0.1, 0.15) is 5.82 Å². The molecule has 0 aliphatic heterocycles. The molecule has 2 N–H and O–H groups in total. The van der Waals surface area contributed by atoms with Gasteiger partial charge in [0.25, 0.3) is 0 Å². The number of urea groups is 1. The average molecular weight is 345 g/mol. The number of pyridine rings is 1. The summed E-state index contributed by atoms with van der Waals surface area (Å²) in [5, 5.41) is 16.5. The van der Waals surface area contributed by atoms with Gasteiger partial charge in [-0.3, -0.25) is 15.0 Å². The lowest BCUT2D eigenvalue weighted by Gasteiger charge is -2.23. The maximum absolute atomic E-state index is 12.7. The SMILES string of the molecule is Cn1nc(C(C)(C)C)cc1NC(=O)N(CCCO)Cc1ccncc1. The average Bonchev–Trinajstić information content (AvgIpc) is 2.93. The second-order valence-corrected chi connectivity index (χ2v) is 7.07. The molecule has 7 nitrogen and oxygen atoms in total. The predicted octanol–water partition coefficient (Wildman–Crippen LogP) is 2.53. The van der Waals surface area contributed by atoms with E-state index >= 15 is 0 Å². The highest BCUT2D eigenvalue weighted by molar-refractivity contribution is 5.88. The van der Waals surface area contributed by atoms with E-state index in [2.05, 4.69) is 36.2 Å². The van der Waals surface area contributed by atoms with Crippen molar-refractivity contribution in [3.8, 4) is 0 Å². The molecule has 0 unspecified atom stereocenters. The van der Waals surface area contributed by atoms with Crippen molar-refractivity contribution in [2.75, 3.05) is 18.5 Å². The molecule has 0 aliphatic carbocycles. The Hall–Kier alpha value is -2.41. The van der Waals surface area contributed by atoms with Gasteiger partial charge >= 0.3 is 6.03 Å². The Balaban J connectivity index is 2.12. The fourth-order valence-corrected chi connectivity index (χ4v) is 2.36. The zero-order valence-corrected chi connectivity index (χ0v) is 15.4. The number of amides is 2. The number of hydrogen-bond donors (Lipinski definition) is 2. The van der Waals surface area contributed by atoms with Gasteiger partial charge in [0.05, 0.1) is 5.69 Å². The van der Waals surface area contributed by atoms with Crippen molar-refractivity contribution in [1.82, 2.24) is 19.7 Å². The number of hydrogen-bond acceptors (Lipinski definition) is 4. The molecule has 2 aromatic heterocycles. The number of anilines is 1. The molecule has 2 aromatic rings. The number of aliphatic hydroxyl groups excluding tert-OH is 1. The largest absolute Gasteiger partial charge is 0.396 e. The van der Waals surface area contributed by atoms with Crippen LogP contribution in [0.1, 0.15) is 38.4 Å². The van der Waals surface area contributed by atoms with Crippen molar-refractivity contribution in [3.05, 3.63) is 41.9 Å². The van der Waals surface area contributed by atoms with Crippen LogP contribution in [0.15, 0.2) is 30.6 Å². The number of rotatable bonds is 6. The smallest absolute Gasteiger partial charge is 0.323 e. The zero-order chi connectivity index (χ0) is 18.4. The van der Waals surface area contributed by atoms with E-state index in [-0.39, 0.29) is 18.1 Å². The van der Waals surface area contributed by atoms with Gasteiger partial charge in [0.2, 0.25) is 0 Å². The molecule has 2 amide bonds. The normalized spacial score (nSPS) is 11.4. The Kier molecular flexibility index (Phi) is 6.14. The van der Waals surface area contributed by atoms with Crippen LogP contribution in [0, 0.1) is 0 Å². The van der Waals surface area contributed by atoms with Crippen molar-refractivity contribution < 1.29 is 9.90 Å². The molecular weight excluding hydrogens is 318 g/mol. The number of aromatic nitrogens is 3. The van der Waals surface area contributed by atoms with E-state index in [9.17, 15) is 4.79 Å². The Morgan fingerprint density at radius 2 is 2.00 bits per heavy atom. The van der Waals surface area contributed by atoms with Crippen molar-refractivity contribution >= 4 is 11.8 Å². The highest BCUT2D eigenvalue weighted by Gasteiger charge is 2.21. The summed E-state index contributed by atoms with van der Waals surface area (Å²) in [5.41, 5.74) is 1.82. The van der Waals surface area contributed by atoms with Crippen LogP contribution in [0.2, 0.25) is 0 Å². The van der Waals surface area contributed by atoms with Crippen LogP contribution >= 0.6 is 0 Å². The summed E-state index contributed by atoms with van der Waals surface area (Å²) in [6, 6.07) is 5.44. The Labute approximate surface area is 148 Å². The Morgan fingerprint density at radius 1 is 1.32 bits per heavy atom. The molecule has 0 aromatic carbocycles. The highest BCUT2D eigenvalue weighted by Crippen LogP contribution is 2.23. The molecule has 0 fully saturated rings. The van der Waals surface area contributed by atoms with Crippen molar-refractivity contribution in [2.24, 2.45) is 7.05 Å². The number of aryl methyl sites for hydroxylation is 1. The van der Waals surface area contributed by atoms with Gasteiger partial charge in [-0.15, -0.1) is 0 Å². The third-order valence-electron chi connectivity index (χ3n) is 3.88. The van der Waals surface area contributed by atoms with Gasteiger partial charge in [-0.05, 0) is 24.1 Å². The Bertz CT molecular complexity index is 691. The summed E-state index contributed by atoms with van der Waals surface area (Å²) in [6.07, 6.45) is 3.93. The molecule has 0 saturated heterocycles. The zero-order valence-electron chi connectivity index (χ0n) is 15.4. The first kappa shape index (κ1) is 18.9. The first-order valence-corrected chi connectivity index (χ1v) is 8.41. The minimum absolute atomic E-state index is 0.0417. The molecule has 136 valence electrons. The van der Waals surface area contributed by atoms with Crippen molar-refractivity contribution in [2.45, 2.75) is 39.2 Å². The second-order valence-electron chi connectivity index (χ2n) is 7.07. The maximum atomic E-state index is 12.7. The van der Waals surface area contributed by atoms with E-state index in [4.69, 9.17) is 5.11 Å². The van der Waals surface area contributed by atoms with Crippen LogP contribution in [0.4, 0.5) is 10.6 Å². The fourth-order valence-electron chi connectivity index (χ4n) is 2.36. The Morgan fingerprint density at radius 3 is 2.56 bits per heavy atom. The molecule has 2 rings (SSSR count). The summed E-state index contributed by atoms with van der Waals surface area (Å²) >= 11 is 0. The van der Waals surface area contributed by atoms with E-state index in [1.807, 2.05) is 25.2 Å². The summed E-state index contributed by atoms with van der Waals surface area (Å²) in [4.78, 5) is 18.4. The van der Waals surface area contributed by atoms with Gasteiger partial charge < -0.3 is 10.0 Å². The van der Waals surface area contributed by atoms with Crippen LogP contribution in [0.3, 0.4) is 0 Å². The quantitative estimate of drug-likeness (QED) is 0.843. The van der Waals surface area contributed by atoms with E-state index in [0.717, 1.165) is 11.3 Å². The van der Waals surface area contributed by atoms with Crippen molar-refractivity contribution in [1.29, 1.82) is 0 Å². The summed E-state index contributed by atoms with van der Waals surface area (Å²) in [7, 11) is 1.81. The topological polar surface area (TPSA) is 83.3 Å². The van der Waals surface area contributed by atoms with E-state index < -0.39 is 0 Å². The van der Waals surface area contributed by atoms with Gasteiger partial charge in [0, 0.05) is 50.6 Å². The molecule has 0 saturated carbocycles. The predicted molar refractivity (Wildman–Crippen MR) is 97.3 cm³/mol. The lowest BCUT2D eigenvalue weighted by atomic mass is 9.92. The maximum Gasteiger partial charge on any atom is 0.323 e. The molecule has 0 aliphatic rings. The van der Waals surface area contributed by atoms with Gasteiger partial charge in [-0.2, -0.15) is 5.10 Å². The minimum Gasteiger partial charge on any atom is -0.396 e. The number of aliphatic hydroxyl groups is 1. The molecule has 0 radical (unpaired) electrons. The summed E-state index contributed by atoms with van der Waals surface area (Å²) in [6.45, 7) is 7.21. The first-order valence-electron chi connectivity index (χ1n) is 8.41. The molecule has 7 heteroatoms. The monoisotopic (exact) mass is 345 g/mol. The van der Waals surface area contributed by atoms with Gasteiger partial charge in [-0.25, -0.2) is 4.79 Å². The molecular formula is C18H27N5O2. The minimum atomic E-state index is -0.214. The second kappa shape index (κ2) is 8.11. The van der Waals surface area contributed by atoms with Gasteiger partial charge in [0.15, 0.2) is 0 Å². The number of carbonyl (C=O) groups is 1. The van der Waals surface area contributed by atoms with Crippen LogP contribution in [-0.4, -0.2) is 44.0 Å². The number of nitrogens with zero attached hydrogens (tertiary/aromatic N) is 4. The highest BCUT2D eigenvalue weighted by atomic mass is 16.3. The van der Waals surface area contributed by atoms with E-state index in [1.165, 1.54) is 0 Å². The van der Waals surface area contributed by atoms with Crippen molar-refractivity contribution in [3.63, 3.8) is 0 Å². The molecule has 0 bridgehead atoms. The third kappa shape index (κ3) is 5.29. The van der Waals surface area contributed by atoms with E-state index in [1.54, 1.807) is 22.0 Å². The van der Waals surface area contributed by atoms with Crippen LogP contribution in [0.5, 0.6) is 0 Å². The van der Waals surface area contributed by atoms with Crippen LogP contribution in [0.25, 0.3) is 0 Å². The lowest BCUT2D eigenvalue weighted by molar-refractivity contribution is 0.199. The van der Waals surface area contributed by atoms with Crippen LogP contribution < -0.4 is 5.32 Å². The van der Waals surface area contributed by atoms with Crippen LogP contribution in [-0.2, 0) is 19.0 Å². The molecule has 0 atom stereocenters.